The highest BCUT2D eigenvalue weighted by atomic mass is 16.2. The van der Waals surface area contributed by atoms with Gasteiger partial charge in [0.25, 0.3) is 5.91 Å². The van der Waals surface area contributed by atoms with Crippen molar-refractivity contribution in [3.8, 4) is 0 Å². The average Bonchev–Trinajstić information content (AvgIpc) is 2.81. The Labute approximate surface area is 117 Å². The summed E-state index contributed by atoms with van der Waals surface area (Å²) in [6.07, 6.45) is 0.655. The molecule has 2 rings (SSSR count). The number of hydrazone groups is 1. The van der Waals surface area contributed by atoms with Gasteiger partial charge in [-0.2, -0.15) is 10.2 Å². The van der Waals surface area contributed by atoms with Crippen molar-refractivity contribution in [1.82, 2.24) is 15.2 Å². The second kappa shape index (κ2) is 5.07. The fourth-order valence-corrected chi connectivity index (χ4v) is 1.79. The van der Waals surface area contributed by atoms with Crippen molar-refractivity contribution in [1.29, 1.82) is 0 Å². The monoisotopic (exact) mass is 277 g/mol. The first-order valence-electron chi connectivity index (χ1n) is 6.48. The van der Waals surface area contributed by atoms with Gasteiger partial charge in [0, 0.05) is 37.1 Å². The zero-order valence-electron chi connectivity index (χ0n) is 12.1. The third-order valence-corrected chi connectivity index (χ3v) is 3.10. The Kier molecular flexibility index (Phi) is 3.61. The van der Waals surface area contributed by atoms with Crippen LogP contribution in [0.5, 0.6) is 0 Å². The molecule has 7 nitrogen and oxygen atoms in total. The number of nitrogens with zero attached hydrogens (tertiary/aromatic N) is 3. The molecule has 1 aromatic heterocycles. The number of hydrogen-bond acceptors (Lipinski definition) is 4. The van der Waals surface area contributed by atoms with E-state index in [0.717, 1.165) is 5.69 Å². The van der Waals surface area contributed by atoms with Crippen molar-refractivity contribution in [2.24, 2.45) is 5.10 Å². The predicted octanol–water partition coefficient (Wildman–Crippen LogP) is 1.25. The summed E-state index contributed by atoms with van der Waals surface area (Å²) in [6, 6.07) is 1.80. The van der Waals surface area contributed by atoms with Gasteiger partial charge in [-0.05, 0) is 0 Å². The number of aromatic nitrogens is 2. The van der Waals surface area contributed by atoms with Crippen molar-refractivity contribution in [2.75, 3.05) is 12.4 Å². The second-order valence-electron chi connectivity index (χ2n) is 5.84. The molecule has 1 aliphatic rings. The minimum Gasteiger partial charge on any atom is -0.304 e. The molecule has 1 aliphatic heterocycles. The van der Waals surface area contributed by atoms with Crippen molar-refractivity contribution in [3.63, 3.8) is 0 Å². The number of carbonyl (C=O) groups is 2. The molecular weight excluding hydrogens is 258 g/mol. The summed E-state index contributed by atoms with van der Waals surface area (Å²) in [6.45, 7) is 6.16. The summed E-state index contributed by atoms with van der Waals surface area (Å²) >= 11 is 0. The maximum atomic E-state index is 12.0. The number of anilines is 1. The molecule has 0 spiro atoms. The van der Waals surface area contributed by atoms with E-state index < -0.39 is 0 Å². The lowest BCUT2D eigenvalue weighted by Crippen LogP contribution is -2.34. The van der Waals surface area contributed by atoms with Gasteiger partial charge in [-0.15, -0.1) is 0 Å². The molecule has 2 heterocycles. The molecule has 1 aromatic rings. The van der Waals surface area contributed by atoms with Crippen LogP contribution in [0.25, 0.3) is 0 Å². The predicted molar refractivity (Wildman–Crippen MR) is 75.4 cm³/mol. The topological polar surface area (TPSA) is 90.4 Å². The van der Waals surface area contributed by atoms with Gasteiger partial charge >= 0.3 is 0 Å². The van der Waals surface area contributed by atoms with Crippen LogP contribution in [0.4, 0.5) is 5.82 Å². The van der Waals surface area contributed by atoms with Gasteiger partial charge in [-0.25, -0.2) is 5.01 Å². The number of nitrogens with one attached hydrogen (secondary N) is 2. The summed E-state index contributed by atoms with van der Waals surface area (Å²) in [5, 5.41) is 14.8. The quantitative estimate of drug-likeness (QED) is 0.852. The van der Waals surface area contributed by atoms with E-state index in [1.807, 2.05) is 0 Å². The first kappa shape index (κ1) is 14.2. The lowest BCUT2D eigenvalue weighted by Gasteiger charge is -2.18. The molecule has 0 saturated heterocycles. The lowest BCUT2D eigenvalue weighted by atomic mass is 9.92. The maximum Gasteiger partial charge on any atom is 0.273 e. The molecule has 0 saturated carbocycles. The average molecular weight is 277 g/mol. The van der Waals surface area contributed by atoms with E-state index in [4.69, 9.17) is 0 Å². The van der Waals surface area contributed by atoms with Crippen LogP contribution in [0.1, 0.15) is 39.3 Å². The SMILES string of the molecule is CN1N=C(C(=O)Nc2cc(C(C)(C)C)[nH]n2)CCC1=O. The van der Waals surface area contributed by atoms with E-state index >= 15 is 0 Å². The van der Waals surface area contributed by atoms with Crippen molar-refractivity contribution in [3.05, 3.63) is 11.8 Å². The molecule has 2 N–H and O–H groups in total. The molecule has 2 amide bonds. The van der Waals surface area contributed by atoms with Gasteiger partial charge in [0.05, 0.1) is 0 Å². The van der Waals surface area contributed by atoms with Gasteiger partial charge in [-0.3, -0.25) is 14.7 Å². The molecule has 0 radical (unpaired) electrons. The third-order valence-electron chi connectivity index (χ3n) is 3.10. The Morgan fingerprint density at radius 3 is 2.65 bits per heavy atom. The smallest absolute Gasteiger partial charge is 0.273 e. The van der Waals surface area contributed by atoms with E-state index in [9.17, 15) is 9.59 Å². The summed E-state index contributed by atoms with van der Waals surface area (Å²) < 4.78 is 0. The fourth-order valence-electron chi connectivity index (χ4n) is 1.79. The van der Waals surface area contributed by atoms with Crippen molar-refractivity contribution >= 4 is 23.3 Å². The minimum absolute atomic E-state index is 0.0645. The summed E-state index contributed by atoms with van der Waals surface area (Å²) in [7, 11) is 1.54. The summed E-state index contributed by atoms with van der Waals surface area (Å²) in [5.41, 5.74) is 1.21. The Bertz CT molecular complexity index is 568. The molecule has 0 unspecified atom stereocenters. The van der Waals surface area contributed by atoms with E-state index in [1.54, 1.807) is 13.1 Å². The molecule has 0 bridgehead atoms. The number of rotatable bonds is 2. The summed E-state index contributed by atoms with van der Waals surface area (Å²) in [5.74, 6) is 0.0508. The summed E-state index contributed by atoms with van der Waals surface area (Å²) in [4.78, 5) is 23.3. The maximum absolute atomic E-state index is 12.0. The highest BCUT2D eigenvalue weighted by Crippen LogP contribution is 2.22. The molecule has 108 valence electrons. The van der Waals surface area contributed by atoms with Gasteiger partial charge in [0.2, 0.25) is 5.91 Å². The highest BCUT2D eigenvalue weighted by molar-refractivity contribution is 6.43. The van der Waals surface area contributed by atoms with Gasteiger partial charge in [-0.1, -0.05) is 20.8 Å². The van der Waals surface area contributed by atoms with Crippen LogP contribution >= 0.6 is 0 Å². The third kappa shape index (κ3) is 3.04. The number of hydrogen-bond donors (Lipinski definition) is 2. The highest BCUT2D eigenvalue weighted by Gasteiger charge is 2.23. The normalized spacial score (nSPS) is 16.1. The zero-order valence-corrected chi connectivity index (χ0v) is 12.1. The van der Waals surface area contributed by atoms with Crippen LogP contribution in [0.3, 0.4) is 0 Å². The lowest BCUT2D eigenvalue weighted by molar-refractivity contribution is -0.130. The standard InChI is InChI=1S/C13H19N5O2/c1-13(2,3)9-7-10(16-15-9)14-12(20)8-5-6-11(19)18(4)17-8/h7H,5-6H2,1-4H3,(H2,14,15,16,20). The molecule has 0 aliphatic carbocycles. The first-order chi connectivity index (χ1) is 9.27. The number of amides is 2. The van der Waals surface area contributed by atoms with Gasteiger partial charge < -0.3 is 5.32 Å². The Morgan fingerprint density at radius 1 is 1.40 bits per heavy atom. The zero-order chi connectivity index (χ0) is 14.9. The van der Waals surface area contributed by atoms with Crippen LogP contribution in [0, 0.1) is 0 Å². The largest absolute Gasteiger partial charge is 0.304 e. The van der Waals surface area contributed by atoms with Crippen molar-refractivity contribution < 1.29 is 9.59 Å². The van der Waals surface area contributed by atoms with Crippen LogP contribution in [0.15, 0.2) is 11.2 Å². The number of carbonyl (C=O) groups excluding carboxylic acids is 2. The molecule has 0 fully saturated rings. The minimum atomic E-state index is -0.323. The molecule has 7 heteroatoms. The fraction of sp³-hybridized carbons (Fsp3) is 0.538. The Balaban J connectivity index is 2.07. The molecule has 20 heavy (non-hydrogen) atoms. The first-order valence-corrected chi connectivity index (χ1v) is 6.48. The van der Waals surface area contributed by atoms with Gasteiger partial charge in [0.15, 0.2) is 5.82 Å². The molecule has 0 aromatic carbocycles. The van der Waals surface area contributed by atoms with Crippen LogP contribution in [-0.4, -0.2) is 39.8 Å². The number of H-pyrrole nitrogens is 1. The number of aromatic amines is 1. The van der Waals surface area contributed by atoms with Crippen molar-refractivity contribution in [2.45, 2.75) is 39.0 Å². The van der Waals surface area contributed by atoms with E-state index in [2.05, 4.69) is 41.4 Å². The Morgan fingerprint density at radius 2 is 2.10 bits per heavy atom. The molecular formula is C13H19N5O2. The second-order valence-corrected chi connectivity index (χ2v) is 5.84. The van der Waals surface area contributed by atoms with E-state index in [-0.39, 0.29) is 17.2 Å². The van der Waals surface area contributed by atoms with E-state index in [1.165, 1.54) is 5.01 Å². The Hall–Kier alpha value is -2.18. The van der Waals surface area contributed by atoms with Crippen LogP contribution in [-0.2, 0) is 15.0 Å². The van der Waals surface area contributed by atoms with E-state index in [0.29, 0.717) is 24.4 Å². The molecule has 0 atom stereocenters. The van der Waals surface area contributed by atoms with Gasteiger partial charge in [0.1, 0.15) is 5.71 Å². The van der Waals surface area contributed by atoms with Crippen LogP contribution < -0.4 is 5.32 Å². The van der Waals surface area contributed by atoms with Crippen LogP contribution in [0.2, 0.25) is 0 Å².